The van der Waals surface area contributed by atoms with Crippen LogP contribution < -0.4 is 0 Å². The Hall–Kier alpha value is -0.510. The van der Waals surface area contributed by atoms with Gasteiger partial charge in [-0.1, -0.05) is 26.2 Å². The molecular formula is C8H16O5P+. The third-order valence-corrected chi connectivity index (χ3v) is 2.46. The molecule has 0 amide bonds. The number of rotatable bonds is 8. The van der Waals surface area contributed by atoms with Crippen LogP contribution in [-0.4, -0.2) is 28.4 Å². The summed E-state index contributed by atoms with van der Waals surface area (Å²) in [6.45, 7) is 2.28. The van der Waals surface area contributed by atoms with E-state index in [2.05, 4.69) is 6.92 Å². The van der Waals surface area contributed by atoms with Crippen LogP contribution in [0, 0.1) is 0 Å². The number of ether oxygens (including phenoxy) is 1. The fraction of sp³-hybridized carbons (Fsp3) is 0.875. The molecule has 2 atom stereocenters. The predicted molar refractivity (Wildman–Crippen MR) is 51.3 cm³/mol. The first-order valence-corrected chi connectivity index (χ1v) is 5.87. The van der Waals surface area contributed by atoms with Gasteiger partial charge in [-0.25, -0.2) is 4.79 Å². The summed E-state index contributed by atoms with van der Waals surface area (Å²) in [5.74, 6) is -2.96. The van der Waals surface area contributed by atoms with E-state index in [0.717, 1.165) is 25.7 Å². The molecule has 0 aliphatic heterocycles. The van der Waals surface area contributed by atoms with Crippen molar-refractivity contribution in [1.82, 2.24) is 0 Å². The average Bonchev–Trinajstić information content (AvgIpc) is 2.09. The van der Waals surface area contributed by atoms with Crippen LogP contribution in [-0.2, 0) is 14.1 Å². The lowest BCUT2D eigenvalue weighted by Gasteiger charge is -2.02. The van der Waals surface area contributed by atoms with Crippen LogP contribution in [0.4, 0.5) is 0 Å². The molecule has 0 spiro atoms. The lowest BCUT2D eigenvalue weighted by molar-refractivity contribution is -0.145. The van der Waals surface area contributed by atoms with Gasteiger partial charge in [-0.3, -0.25) is 0 Å². The second-order valence-corrected chi connectivity index (χ2v) is 4.00. The lowest BCUT2D eigenvalue weighted by atomic mass is 10.2. The number of aliphatic carboxylic acids is 1. The third-order valence-electron chi connectivity index (χ3n) is 1.69. The van der Waals surface area contributed by atoms with Crippen molar-refractivity contribution in [3.8, 4) is 0 Å². The minimum atomic E-state index is -2.80. The maximum atomic E-state index is 10.5. The zero-order valence-electron chi connectivity index (χ0n) is 8.18. The van der Waals surface area contributed by atoms with Gasteiger partial charge < -0.3 is 9.84 Å². The summed E-state index contributed by atoms with van der Waals surface area (Å²) in [7, 11) is -2.80. The molecule has 0 aliphatic carbocycles. The fourth-order valence-corrected chi connectivity index (χ4v) is 1.38. The van der Waals surface area contributed by atoms with E-state index in [1.54, 1.807) is 0 Å². The van der Waals surface area contributed by atoms with Gasteiger partial charge in [0.15, 0.2) is 0 Å². The first kappa shape index (κ1) is 13.5. The third kappa shape index (κ3) is 6.02. The highest BCUT2D eigenvalue weighted by Crippen LogP contribution is 2.23. The van der Waals surface area contributed by atoms with Crippen LogP contribution in [0.15, 0.2) is 0 Å². The van der Waals surface area contributed by atoms with Crippen molar-refractivity contribution in [2.45, 2.75) is 38.5 Å². The van der Waals surface area contributed by atoms with Crippen LogP contribution in [0.25, 0.3) is 0 Å². The zero-order valence-corrected chi connectivity index (χ0v) is 9.07. The van der Waals surface area contributed by atoms with Gasteiger partial charge in [-0.05, 0) is 11.0 Å². The smallest absolute Gasteiger partial charge is 0.476 e. The summed E-state index contributed by atoms with van der Waals surface area (Å²) in [6, 6.07) is 0. The number of carboxylic acids is 1. The van der Waals surface area contributed by atoms with Crippen LogP contribution in [0.1, 0.15) is 32.6 Å². The van der Waals surface area contributed by atoms with Crippen molar-refractivity contribution in [3.05, 3.63) is 0 Å². The number of carboxylic acid groups (broad SMARTS) is 1. The summed E-state index contributed by atoms with van der Waals surface area (Å²) in [6.07, 6.45) is 3.81. The molecule has 0 aromatic heterocycles. The maximum absolute atomic E-state index is 10.5. The number of hydrogen-bond donors (Lipinski definition) is 2. The number of carbonyl (C=O) groups is 1. The largest absolute Gasteiger partial charge is 0.550 e. The molecule has 0 bridgehead atoms. The van der Waals surface area contributed by atoms with Gasteiger partial charge in [0.1, 0.15) is 0 Å². The van der Waals surface area contributed by atoms with Gasteiger partial charge >= 0.3 is 19.8 Å². The first-order valence-electron chi connectivity index (χ1n) is 4.59. The van der Waals surface area contributed by atoms with Crippen molar-refractivity contribution < 1.29 is 24.1 Å². The molecule has 2 unspecified atom stereocenters. The molecule has 0 aromatic rings. The fourth-order valence-electron chi connectivity index (χ4n) is 0.953. The van der Waals surface area contributed by atoms with Crippen LogP contribution in [0.2, 0.25) is 0 Å². The van der Waals surface area contributed by atoms with E-state index in [9.17, 15) is 9.36 Å². The predicted octanol–water partition coefficient (Wildman–Crippen LogP) is 1.73. The van der Waals surface area contributed by atoms with Gasteiger partial charge in [0.2, 0.25) is 0 Å². The van der Waals surface area contributed by atoms with E-state index in [-0.39, 0.29) is 6.61 Å². The van der Waals surface area contributed by atoms with Crippen LogP contribution >= 0.6 is 8.03 Å². The molecule has 0 aliphatic rings. The summed E-state index contributed by atoms with van der Waals surface area (Å²) < 4.78 is 15.3. The van der Waals surface area contributed by atoms with E-state index in [1.807, 2.05) is 0 Å². The molecule has 0 saturated carbocycles. The normalized spacial score (nSPS) is 13.7. The Morgan fingerprint density at radius 3 is 2.50 bits per heavy atom. The van der Waals surface area contributed by atoms with Crippen LogP contribution in [0.5, 0.6) is 0 Å². The second kappa shape index (κ2) is 7.85. The van der Waals surface area contributed by atoms with Gasteiger partial charge in [0.25, 0.3) is 0 Å². The molecule has 0 radical (unpaired) electrons. The quantitative estimate of drug-likeness (QED) is 0.483. The van der Waals surface area contributed by atoms with E-state index >= 15 is 0 Å². The Balaban J connectivity index is 3.62. The van der Waals surface area contributed by atoms with Gasteiger partial charge in [0, 0.05) is 0 Å². The standard InChI is InChI=1S/C8H15O5P/c1-2-3-4-5-6-13-8(7(9)10)14(11)12/h8H,2-6H2,1H3,(H-,9,10,11,12)/p+1. The average molecular weight is 223 g/mol. The first-order chi connectivity index (χ1) is 6.59. The summed E-state index contributed by atoms with van der Waals surface area (Å²) >= 11 is 0. The molecule has 5 nitrogen and oxygen atoms in total. The maximum Gasteiger partial charge on any atom is 0.550 e. The SMILES string of the molecule is CCCCCCOC(C(=O)O)[P+](=O)O. The monoisotopic (exact) mass is 223 g/mol. The Morgan fingerprint density at radius 1 is 1.43 bits per heavy atom. The number of hydrogen-bond acceptors (Lipinski definition) is 3. The van der Waals surface area contributed by atoms with E-state index in [0.29, 0.717) is 0 Å². The second-order valence-electron chi connectivity index (χ2n) is 2.92. The Labute approximate surface area is 83.9 Å². The zero-order chi connectivity index (χ0) is 11.0. The Kier molecular flexibility index (Phi) is 7.57. The molecule has 6 heteroatoms. The Bertz CT molecular complexity index is 180. The van der Waals surface area contributed by atoms with Gasteiger partial charge in [0.05, 0.1) is 6.61 Å². The molecule has 82 valence electrons. The molecule has 0 fully saturated rings. The van der Waals surface area contributed by atoms with Crippen molar-refractivity contribution >= 4 is 14.0 Å². The van der Waals surface area contributed by atoms with Gasteiger partial charge in [-0.2, -0.15) is 4.89 Å². The molecule has 0 rings (SSSR count). The van der Waals surface area contributed by atoms with E-state index in [4.69, 9.17) is 14.7 Å². The molecule has 14 heavy (non-hydrogen) atoms. The molecule has 0 saturated heterocycles. The topological polar surface area (TPSA) is 83.8 Å². The summed E-state index contributed by atoms with van der Waals surface area (Å²) in [4.78, 5) is 19.0. The van der Waals surface area contributed by atoms with Crippen molar-refractivity contribution in [3.63, 3.8) is 0 Å². The summed E-state index contributed by atoms with van der Waals surface area (Å²) in [5, 5.41) is 8.48. The summed E-state index contributed by atoms with van der Waals surface area (Å²) in [5.41, 5.74) is 0. The lowest BCUT2D eigenvalue weighted by Crippen LogP contribution is -2.20. The Morgan fingerprint density at radius 2 is 2.07 bits per heavy atom. The van der Waals surface area contributed by atoms with Crippen molar-refractivity contribution in [2.24, 2.45) is 0 Å². The molecular weight excluding hydrogens is 207 g/mol. The highest BCUT2D eigenvalue weighted by molar-refractivity contribution is 7.40. The highest BCUT2D eigenvalue weighted by Gasteiger charge is 2.37. The van der Waals surface area contributed by atoms with E-state index in [1.165, 1.54) is 0 Å². The molecule has 2 N–H and O–H groups in total. The van der Waals surface area contributed by atoms with Crippen molar-refractivity contribution in [2.75, 3.05) is 6.61 Å². The van der Waals surface area contributed by atoms with Crippen LogP contribution in [0.3, 0.4) is 0 Å². The highest BCUT2D eigenvalue weighted by atomic mass is 31.1. The van der Waals surface area contributed by atoms with Gasteiger partial charge in [-0.15, -0.1) is 0 Å². The minimum Gasteiger partial charge on any atom is -0.476 e. The molecule has 0 heterocycles. The number of unbranched alkanes of at least 4 members (excludes halogenated alkanes) is 3. The molecule has 0 aromatic carbocycles. The minimum absolute atomic E-state index is 0.221. The van der Waals surface area contributed by atoms with E-state index < -0.39 is 19.8 Å². The van der Waals surface area contributed by atoms with Crippen molar-refractivity contribution in [1.29, 1.82) is 0 Å².